The molecule has 1 N–H and O–H groups in total. The Labute approximate surface area is 216 Å². The monoisotopic (exact) mass is 532 g/mol. The van der Waals surface area contributed by atoms with Gasteiger partial charge >= 0.3 is 0 Å². The molecule has 0 spiro atoms. The van der Waals surface area contributed by atoms with E-state index in [1.807, 2.05) is 6.07 Å². The summed E-state index contributed by atoms with van der Waals surface area (Å²) in [5.41, 5.74) is 0.257. The lowest BCUT2D eigenvalue weighted by Gasteiger charge is -2.32. The van der Waals surface area contributed by atoms with E-state index < -0.39 is 33.4 Å². The number of nitro benzene ring substituents is 1. The molecular formula is C25H32N4O7S. The number of methoxy groups -OCH3 is 1. The van der Waals surface area contributed by atoms with Gasteiger partial charge in [-0.1, -0.05) is 43.2 Å². The average Bonchev–Trinajstić information content (AvgIpc) is 3.37. The number of sulfonamides is 1. The van der Waals surface area contributed by atoms with E-state index in [9.17, 15) is 28.1 Å². The van der Waals surface area contributed by atoms with Crippen LogP contribution in [-0.4, -0.2) is 62.0 Å². The van der Waals surface area contributed by atoms with Crippen molar-refractivity contribution < 1.29 is 27.7 Å². The first-order valence-electron chi connectivity index (χ1n) is 11.9. The van der Waals surface area contributed by atoms with Gasteiger partial charge in [-0.25, -0.2) is 8.42 Å². The maximum absolute atomic E-state index is 13.6. The second kappa shape index (κ2) is 12.0. The minimum Gasteiger partial charge on any atom is -0.495 e. The van der Waals surface area contributed by atoms with Crippen molar-refractivity contribution in [3.8, 4) is 5.75 Å². The highest BCUT2D eigenvalue weighted by Gasteiger charge is 2.32. The summed E-state index contributed by atoms with van der Waals surface area (Å²) >= 11 is 0. The number of hydrogen-bond acceptors (Lipinski definition) is 7. The Morgan fingerprint density at radius 1 is 1.16 bits per heavy atom. The smallest absolute Gasteiger partial charge is 0.271 e. The number of carbonyl (C=O) groups excluding carboxylic acids is 2. The lowest BCUT2D eigenvalue weighted by Crippen LogP contribution is -2.52. The van der Waals surface area contributed by atoms with Gasteiger partial charge in [0.2, 0.25) is 21.8 Å². The molecule has 37 heavy (non-hydrogen) atoms. The number of amides is 2. The third kappa shape index (κ3) is 7.19. The predicted octanol–water partition coefficient (Wildman–Crippen LogP) is 2.85. The first-order valence-corrected chi connectivity index (χ1v) is 13.8. The highest BCUT2D eigenvalue weighted by atomic mass is 32.2. The third-order valence-electron chi connectivity index (χ3n) is 6.39. The summed E-state index contributed by atoms with van der Waals surface area (Å²) in [4.78, 5) is 38.7. The van der Waals surface area contributed by atoms with Crippen molar-refractivity contribution in [2.45, 2.75) is 51.2 Å². The van der Waals surface area contributed by atoms with Crippen molar-refractivity contribution in [2.24, 2.45) is 0 Å². The number of nitrogens with one attached hydrogen (secondary N) is 1. The molecule has 0 saturated heterocycles. The van der Waals surface area contributed by atoms with Gasteiger partial charge < -0.3 is 15.0 Å². The van der Waals surface area contributed by atoms with Crippen molar-refractivity contribution in [1.29, 1.82) is 0 Å². The molecule has 0 radical (unpaired) electrons. The Morgan fingerprint density at radius 2 is 1.81 bits per heavy atom. The largest absolute Gasteiger partial charge is 0.495 e. The van der Waals surface area contributed by atoms with Gasteiger partial charge in [-0.15, -0.1) is 0 Å². The number of hydrogen-bond donors (Lipinski definition) is 1. The summed E-state index contributed by atoms with van der Waals surface area (Å²) in [6.45, 7) is 0.997. The Kier molecular flexibility index (Phi) is 9.09. The topological polar surface area (TPSA) is 139 Å². The lowest BCUT2D eigenvalue weighted by atomic mass is 10.1. The molecule has 0 aliphatic heterocycles. The van der Waals surface area contributed by atoms with Gasteiger partial charge in [0.05, 0.1) is 18.3 Å². The molecular weight excluding hydrogens is 500 g/mol. The number of anilines is 1. The van der Waals surface area contributed by atoms with Gasteiger partial charge in [-0.05, 0) is 31.4 Å². The molecule has 1 fully saturated rings. The van der Waals surface area contributed by atoms with E-state index >= 15 is 0 Å². The zero-order valence-corrected chi connectivity index (χ0v) is 21.9. The summed E-state index contributed by atoms with van der Waals surface area (Å²) in [5, 5.41) is 14.3. The van der Waals surface area contributed by atoms with E-state index in [0.717, 1.165) is 47.9 Å². The first kappa shape index (κ1) is 27.9. The van der Waals surface area contributed by atoms with Gasteiger partial charge in [-0.2, -0.15) is 0 Å². The summed E-state index contributed by atoms with van der Waals surface area (Å²) in [5.74, 6) is -0.919. The van der Waals surface area contributed by atoms with Crippen molar-refractivity contribution in [1.82, 2.24) is 10.2 Å². The van der Waals surface area contributed by atoms with Gasteiger partial charge in [0.1, 0.15) is 24.0 Å². The average molecular weight is 533 g/mol. The maximum Gasteiger partial charge on any atom is 0.271 e. The Morgan fingerprint density at radius 3 is 2.38 bits per heavy atom. The van der Waals surface area contributed by atoms with Crippen LogP contribution in [0.2, 0.25) is 0 Å². The van der Waals surface area contributed by atoms with Crippen LogP contribution in [0.5, 0.6) is 5.75 Å². The van der Waals surface area contributed by atoms with E-state index in [0.29, 0.717) is 0 Å². The fraction of sp³-hybridized carbons (Fsp3) is 0.440. The van der Waals surface area contributed by atoms with Crippen LogP contribution in [0.4, 0.5) is 11.4 Å². The summed E-state index contributed by atoms with van der Waals surface area (Å²) in [6.07, 6.45) is 4.70. The number of rotatable bonds is 11. The molecule has 12 heteroatoms. The lowest BCUT2D eigenvalue weighted by molar-refractivity contribution is -0.384. The molecule has 1 saturated carbocycles. The van der Waals surface area contributed by atoms with E-state index in [1.54, 1.807) is 31.2 Å². The van der Waals surface area contributed by atoms with Crippen molar-refractivity contribution in [2.75, 3.05) is 24.2 Å². The number of non-ortho nitro benzene ring substituents is 1. The van der Waals surface area contributed by atoms with Crippen LogP contribution in [0.3, 0.4) is 0 Å². The molecule has 0 aromatic heterocycles. The van der Waals surface area contributed by atoms with Gasteiger partial charge in [0.15, 0.2) is 0 Å². The number of carbonyl (C=O) groups is 2. The molecule has 2 amide bonds. The van der Waals surface area contributed by atoms with Gasteiger partial charge in [0, 0.05) is 24.7 Å². The van der Waals surface area contributed by atoms with Crippen LogP contribution in [0.15, 0.2) is 48.5 Å². The number of nitro groups is 1. The van der Waals surface area contributed by atoms with E-state index in [-0.39, 0.29) is 35.6 Å². The van der Waals surface area contributed by atoms with Gasteiger partial charge in [0.25, 0.3) is 5.69 Å². The SMILES string of the molecule is COc1ccc([N+](=O)[O-])cc1N(CC(=O)N(Cc1ccccc1)[C@H](C)C(=O)NC1CCCC1)S(C)(=O)=O. The van der Waals surface area contributed by atoms with Crippen molar-refractivity contribution in [3.05, 3.63) is 64.2 Å². The quantitative estimate of drug-likeness (QED) is 0.347. The van der Waals surface area contributed by atoms with E-state index in [2.05, 4.69) is 5.32 Å². The fourth-order valence-electron chi connectivity index (χ4n) is 4.34. The minimum absolute atomic E-state index is 0.0466. The zero-order chi connectivity index (χ0) is 27.2. The molecule has 0 bridgehead atoms. The van der Waals surface area contributed by atoms with Crippen LogP contribution >= 0.6 is 0 Å². The summed E-state index contributed by atoms with van der Waals surface area (Å²) < 4.78 is 31.6. The standard InChI is InChI=1S/C25H32N4O7S/c1-18(25(31)26-20-11-7-8-12-20)27(16-19-9-5-4-6-10-19)24(30)17-28(37(3,34)35)22-15-21(29(32)33)13-14-23(22)36-2/h4-6,9-10,13-15,18,20H,7-8,11-12,16-17H2,1-3H3,(H,26,31)/t18-/m1/s1. The van der Waals surface area contributed by atoms with Crippen LogP contribution in [0, 0.1) is 10.1 Å². The molecule has 2 aromatic carbocycles. The van der Waals surface area contributed by atoms with Crippen molar-refractivity contribution >= 4 is 33.2 Å². The number of nitrogens with zero attached hydrogens (tertiary/aromatic N) is 3. The zero-order valence-electron chi connectivity index (χ0n) is 21.1. The van der Waals surface area contributed by atoms with Crippen molar-refractivity contribution in [3.63, 3.8) is 0 Å². The van der Waals surface area contributed by atoms with Crippen LogP contribution in [0.25, 0.3) is 0 Å². The number of benzene rings is 2. The molecule has 2 aromatic rings. The first-order chi connectivity index (χ1) is 17.5. The van der Waals surface area contributed by atoms with Crippen LogP contribution in [-0.2, 0) is 26.2 Å². The predicted molar refractivity (Wildman–Crippen MR) is 139 cm³/mol. The summed E-state index contributed by atoms with van der Waals surface area (Å²) in [7, 11) is -2.78. The van der Waals surface area contributed by atoms with E-state index in [4.69, 9.17) is 4.74 Å². The molecule has 1 atom stereocenters. The Balaban J connectivity index is 1.95. The van der Waals surface area contributed by atoms with Gasteiger partial charge in [-0.3, -0.25) is 24.0 Å². The van der Waals surface area contributed by atoms with Crippen LogP contribution < -0.4 is 14.4 Å². The van der Waals surface area contributed by atoms with E-state index in [1.165, 1.54) is 24.1 Å². The molecule has 0 unspecified atom stereocenters. The minimum atomic E-state index is -4.08. The molecule has 1 aliphatic rings. The maximum atomic E-state index is 13.6. The Bertz CT molecular complexity index is 1230. The Hall–Kier alpha value is -3.67. The highest BCUT2D eigenvalue weighted by molar-refractivity contribution is 7.92. The molecule has 0 heterocycles. The highest BCUT2D eigenvalue weighted by Crippen LogP contribution is 2.34. The second-order valence-corrected chi connectivity index (χ2v) is 11.0. The second-order valence-electron chi connectivity index (χ2n) is 9.06. The van der Waals surface area contributed by atoms with Crippen LogP contribution in [0.1, 0.15) is 38.2 Å². The number of ether oxygens (including phenoxy) is 1. The fourth-order valence-corrected chi connectivity index (χ4v) is 5.18. The molecule has 1 aliphatic carbocycles. The molecule has 3 rings (SSSR count). The third-order valence-corrected chi connectivity index (χ3v) is 7.51. The molecule has 200 valence electrons. The molecule has 11 nitrogen and oxygen atoms in total. The summed E-state index contributed by atoms with van der Waals surface area (Å²) in [6, 6.07) is 11.7. The normalized spacial score (nSPS) is 14.6.